The number of amides is 1. The Hall–Kier alpha value is -3.12. The van der Waals surface area contributed by atoms with E-state index in [1.54, 1.807) is 37.4 Å². The van der Waals surface area contributed by atoms with Crippen molar-refractivity contribution in [1.82, 2.24) is 0 Å². The van der Waals surface area contributed by atoms with E-state index in [1.807, 2.05) is 50.2 Å². The van der Waals surface area contributed by atoms with Crippen LogP contribution in [0.3, 0.4) is 0 Å². The van der Waals surface area contributed by atoms with Crippen molar-refractivity contribution in [2.75, 3.05) is 22.8 Å². The standard InChI is InChI=1S/C23H24N2O3S/c1-18-14-19(2)16-21(15-18)25(29(27,28)22-12-8-5-9-13-22)17-23(26)24(3)20-10-6-4-7-11-20/h4-16H,17H2,1-3H3. The maximum Gasteiger partial charge on any atom is 0.264 e. The van der Waals surface area contributed by atoms with E-state index in [2.05, 4.69) is 0 Å². The predicted molar refractivity (Wildman–Crippen MR) is 117 cm³/mol. The van der Waals surface area contributed by atoms with Crippen molar-refractivity contribution < 1.29 is 13.2 Å². The number of carbonyl (C=O) groups excluding carboxylic acids is 1. The van der Waals surface area contributed by atoms with Crippen LogP contribution < -0.4 is 9.21 Å². The lowest BCUT2D eigenvalue weighted by atomic mass is 10.1. The fourth-order valence-corrected chi connectivity index (χ4v) is 4.57. The van der Waals surface area contributed by atoms with Crippen LogP contribution in [0.2, 0.25) is 0 Å². The zero-order valence-electron chi connectivity index (χ0n) is 16.7. The number of para-hydroxylation sites is 1. The topological polar surface area (TPSA) is 57.7 Å². The highest BCUT2D eigenvalue weighted by Crippen LogP contribution is 2.26. The molecule has 0 aliphatic carbocycles. The average Bonchev–Trinajstić information content (AvgIpc) is 2.71. The molecule has 6 heteroatoms. The normalized spacial score (nSPS) is 11.1. The molecule has 3 aromatic carbocycles. The summed E-state index contributed by atoms with van der Waals surface area (Å²) in [5, 5.41) is 0. The highest BCUT2D eigenvalue weighted by atomic mass is 32.2. The molecular weight excluding hydrogens is 384 g/mol. The maximum atomic E-state index is 13.4. The van der Waals surface area contributed by atoms with Gasteiger partial charge in [0.2, 0.25) is 5.91 Å². The number of aryl methyl sites for hydroxylation is 2. The van der Waals surface area contributed by atoms with Gasteiger partial charge in [-0.05, 0) is 61.4 Å². The molecule has 0 bridgehead atoms. The van der Waals surface area contributed by atoms with Crippen LogP contribution in [0, 0.1) is 13.8 Å². The zero-order chi connectivity index (χ0) is 21.0. The Morgan fingerprint density at radius 2 is 1.31 bits per heavy atom. The molecule has 3 aromatic rings. The van der Waals surface area contributed by atoms with Gasteiger partial charge in [-0.15, -0.1) is 0 Å². The van der Waals surface area contributed by atoms with Crippen molar-refractivity contribution in [2.24, 2.45) is 0 Å². The van der Waals surface area contributed by atoms with Crippen LogP contribution in [0.15, 0.2) is 83.8 Å². The first-order valence-corrected chi connectivity index (χ1v) is 10.7. The summed E-state index contributed by atoms with van der Waals surface area (Å²) in [4.78, 5) is 14.6. The SMILES string of the molecule is Cc1cc(C)cc(N(CC(=O)N(C)c2ccccc2)S(=O)(=O)c2ccccc2)c1. The van der Waals surface area contributed by atoms with Gasteiger partial charge in [-0.1, -0.05) is 42.5 Å². The molecule has 0 fully saturated rings. The van der Waals surface area contributed by atoms with Gasteiger partial charge in [-0.25, -0.2) is 8.42 Å². The van der Waals surface area contributed by atoms with Gasteiger partial charge in [0, 0.05) is 12.7 Å². The lowest BCUT2D eigenvalue weighted by Crippen LogP contribution is -2.41. The largest absolute Gasteiger partial charge is 0.314 e. The van der Waals surface area contributed by atoms with Crippen LogP contribution in [0.1, 0.15) is 11.1 Å². The molecule has 0 aromatic heterocycles. The van der Waals surface area contributed by atoms with Gasteiger partial charge < -0.3 is 4.90 Å². The van der Waals surface area contributed by atoms with Gasteiger partial charge in [0.15, 0.2) is 0 Å². The van der Waals surface area contributed by atoms with Crippen molar-refractivity contribution in [3.05, 3.63) is 90.0 Å². The van der Waals surface area contributed by atoms with Crippen LogP contribution in [-0.4, -0.2) is 27.9 Å². The van der Waals surface area contributed by atoms with Gasteiger partial charge in [-0.3, -0.25) is 9.10 Å². The molecule has 3 rings (SSSR count). The number of sulfonamides is 1. The molecule has 0 heterocycles. The number of likely N-dealkylation sites (N-methyl/N-ethyl adjacent to an activating group) is 1. The fraction of sp³-hybridized carbons (Fsp3) is 0.174. The second-order valence-electron chi connectivity index (χ2n) is 6.96. The van der Waals surface area contributed by atoms with Crippen molar-refractivity contribution >= 4 is 27.3 Å². The Labute approximate surface area is 172 Å². The van der Waals surface area contributed by atoms with Crippen molar-refractivity contribution in [3.63, 3.8) is 0 Å². The molecule has 0 unspecified atom stereocenters. The van der Waals surface area contributed by atoms with Crippen molar-refractivity contribution in [1.29, 1.82) is 0 Å². The molecule has 150 valence electrons. The minimum Gasteiger partial charge on any atom is -0.314 e. The summed E-state index contributed by atoms with van der Waals surface area (Å²) in [6, 6.07) is 22.9. The van der Waals surface area contributed by atoms with Crippen LogP contribution in [0.5, 0.6) is 0 Å². The summed E-state index contributed by atoms with van der Waals surface area (Å²) < 4.78 is 28.0. The molecule has 0 atom stereocenters. The number of rotatable bonds is 6. The van der Waals surface area contributed by atoms with Crippen LogP contribution >= 0.6 is 0 Å². The smallest absolute Gasteiger partial charge is 0.264 e. The van der Waals surface area contributed by atoms with E-state index in [0.717, 1.165) is 11.1 Å². The number of nitrogens with zero attached hydrogens (tertiary/aromatic N) is 2. The maximum absolute atomic E-state index is 13.4. The molecule has 29 heavy (non-hydrogen) atoms. The van der Waals surface area contributed by atoms with Crippen LogP contribution in [0.4, 0.5) is 11.4 Å². The van der Waals surface area contributed by atoms with E-state index in [4.69, 9.17) is 0 Å². The second-order valence-corrected chi connectivity index (χ2v) is 8.82. The van der Waals surface area contributed by atoms with E-state index in [1.165, 1.54) is 21.3 Å². The summed E-state index contributed by atoms with van der Waals surface area (Å²) in [6.45, 7) is 3.51. The lowest BCUT2D eigenvalue weighted by molar-refractivity contribution is -0.116. The van der Waals surface area contributed by atoms with Crippen LogP contribution in [-0.2, 0) is 14.8 Å². The third kappa shape index (κ3) is 4.66. The molecule has 0 radical (unpaired) electrons. The molecular formula is C23H24N2O3S. The second kappa shape index (κ2) is 8.49. The van der Waals surface area contributed by atoms with E-state index < -0.39 is 10.0 Å². The van der Waals surface area contributed by atoms with Gasteiger partial charge in [-0.2, -0.15) is 0 Å². The van der Waals surface area contributed by atoms with Crippen molar-refractivity contribution in [3.8, 4) is 0 Å². The van der Waals surface area contributed by atoms with E-state index in [0.29, 0.717) is 11.4 Å². The first-order valence-electron chi connectivity index (χ1n) is 9.27. The van der Waals surface area contributed by atoms with E-state index >= 15 is 0 Å². The Bertz CT molecular complexity index is 1080. The predicted octanol–water partition coefficient (Wildman–Crippen LogP) is 4.16. The third-order valence-electron chi connectivity index (χ3n) is 4.62. The molecule has 0 saturated heterocycles. The molecule has 0 aliphatic rings. The first kappa shape index (κ1) is 20.6. The molecule has 1 amide bonds. The minimum absolute atomic E-state index is 0.148. The summed E-state index contributed by atoms with van der Waals surface area (Å²) in [7, 11) is -2.27. The zero-order valence-corrected chi connectivity index (χ0v) is 17.6. The Morgan fingerprint density at radius 3 is 1.86 bits per heavy atom. The number of hydrogen-bond acceptors (Lipinski definition) is 3. The molecule has 0 N–H and O–H groups in total. The Kier molecular flexibility index (Phi) is 6.03. The number of anilines is 2. The quantitative estimate of drug-likeness (QED) is 0.615. The number of carbonyl (C=O) groups is 1. The Balaban J connectivity index is 2.02. The van der Waals surface area contributed by atoms with Crippen LogP contribution in [0.25, 0.3) is 0 Å². The molecule has 0 saturated carbocycles. The lowest BCUT2D eigenvalue weighted by Gasteiger charge is -2.27. The van der Waals surface area contributed by atoms with Gasteiger partial charge in [0.05, 0.1) is 10.6 Å². The van der Waals surface area contributed by atoms with Crippen molar-refractivity contribution in [2.45, 2.75) is 18.7 Å². The Morgan fingerprint density at radius 1 is 0.793 bits per heavy atom. The van der Waals surface area contributed by atoms with E-state index in [9.17, 15) is 13.2 Å². The number of hydrogen-bond donors (Lipinski definition) is 0. The summed E-state index contributed by atoms with van der Waals surface area (Å²) >= 11 is 0. The number of benzene rings is 3. The van der Waals surface area contributed by atoms with Gasteiger partial charge in [0.25, 0.3) is 10.0 Å². The molecule has 5 nitrogen and oxygen atoms in total. The minimum atomic E-state index is -3.91. The fourth-order valence-electron chi connectivity index (χ4n) is 3.15. The molecule has 0 aliphatic heterocycles. The monoisotopic (exact) mass is 408 g/mol. The summed E-state index contributed by atoms with van der Waals surface area (Å²) in [5.41, 5.74) is 3.03. The first-order chi connectivity index (χ1) is 13.8. The average molecular weight is 409 g/mol. The third-order valence-corrected chi connectivity index (χ3v) is 6.41. The van der Waals surface area contributed by atoms with E-state index in [-0.39, 0.29) is 17.3 Å². The summed E-state index contributed by atoms with van der Waals surface area (Å²) in [5.74, 6) is -0.324. The van der Waals surface area contributed by atoms with Gasteiger partial charge in [0.1, 0.15) is 6.54 Å². The molecule has 0 spiro atoms. The highest BCUT2D eigenvalue weighted by Gasteiger charge is 2.28. The van der Waals surface area contributed by atoms with Gasteiger partial charge >= 0.3 is 0 Å². The summed E-state index contributed by atoms with van der Waals surface area (Å²) in [6.07, 6.45) is 0. The highest BCUT2D eigenvalue weighted by molar-refractivity contribution is 7.92.